The molecule has 0 aliphatic carbocycles. The van der Waals surface area contributed by atoms with E-state index < -0.39 is 0 Å². The maximum Gasteiger partial charge on any atom is 0.213 e. The average molecular weight is 313 g/mol. The normalized spacial score (nSPS) is 11.1. The van der Waals surface area contributed by atoms with Crippen LogP contribution in [0, 0.1) is 0 Å². The van der Waals surface area contributed by atoms with Gasteiger partial charge in [0.15, 0.2) is 11.5 Å². The summed E-state index contributed by atoms with van der Waals surface area (Å²) in [5.74, 6) is 1.35. The van der Waals surface area contributed by atoms with E-state index in [0.29, 0.717) is 24.7 Å². The van der Waals surface area contributed by atoms with Crippen LogP contribution in [0.1, 0.15) is 5.56 Å². The minimum absolute atomic E-state index is 0.609. The molecule has 0 aliphatic heterocycles. The number of rotatable bonds is 7. The summed E-state index contributed by atoms with van der Waals surface area (Å²) in [4.78, 5) is 21.8. The highest BCUT2D eigenvalue weighted by Crippen LogP contribution is 2.16. The molecule has 0 spiro atoms. The molecule has 120 valence electrons. The van der Waals surface area contributed by atoms with Crippen LogP contribution in [0.5, 0.6) is 5.88 Å². The van der Waals surface area contributed by atoms with Crippen LogP contribution in [0.4, 0.5) is 5.82 Å². The quantitative estimate of drug-likeness (QED) is 0.679. The molecule has 0 fully saturated rings. The predicted molar refractivity (Wildman–Crippen MR) is 87.3 cm³/mol. The summed E-state index contributed by atoms with van der Waals surface area (Å²) in [6, 6.07) is 3.87. The second kappa shape index (κ2) is 7.01. The van der Waals surface area contributed by atoms with Gasteiger partial charge in [0.1, 0.15) is 18.5 Å². The zero-order valence-corrected chi connectivity index (χ0v) is 13.2. The second-order valence-corrected chi connectivity index (χ2v) is 5.33. The number of anilines is 1. The van der Waals surface area contributed by atoms with E-state index in [1.54, 1.807) is 12.5 Å². The Morgan fingerprint density at radius 2 is 2.13 bits per heavy atom. The average Bonchev–Trinajstić information content (AvgIpc) is 3.02. The monoisotopic (exact) mass is 313 g/mol. The lowest BCUT2D eigenvalue weighted by molar-refractivity contribution is 0.253. The summed E-state index contributed by atoms with van der Waals surface area (Å²) in [5.41, 5.74) is 2.50. The third-order valence-electron chi connectivity index (χ3n) is 3.27. The fraction of sp³-hybridized carbons (Fsp3) is 0.333. The zero-order chi connectivity index (χ0) is 16.1. The van der Waals surface area contributed by atoms with Gasteiger partial charge in [0.2, 0.25) is 5.88 Å². The van der Waals surface area contributed by atoms with E-state index in [2.05, 4.69) is 35.1 Å². The molecular formula is C15H19N7O. The van der Waals surface area contributed by atoms with Crippen molar-refractivity contribution >= 4 is 17.0 Å². The lowest BCUT2D eigenvalue weighted by Gasteiger charge is -2.11. The number of likely N-dealkylation sites (N-methyl/N-ethyl adjacent to an activating group) is 1. The summed E-state index contributed by atoms with van der Waals surface area (Å²) >= 11 is 0. The van der Waals surface area contributed by atoms with Gasteiger partial charge in [-0.2, -0.15) is 0 Å². The van der Waals surface area contributed by atoms with Crippen LogP contribution < -0.4 is 10.1 Å². The lowest BCUT2D eigenvalue weighted by atomic mass is 10.2. The highest BCUT2D eigenvalue weighted by atomic mass is 16.5. The Balaban J connectivity index is 1.63. The number of nitrogens with zero attached hydrogens (tertiary/aromatic N) is 5. The summed E-state index contributed by atoms with van der Waals surface area (Å²) in [6.45, 7) is 2.07. The van der Waals surface area contributed by atoms with Crippen LogP contribution in [-0.4, -0.2) is 57.1 Å². The Labute approximate surface area is 134 Å². The van der Waals surface area contributed by atoms with E-state index in [-0.39, 0.29) is 0 Å². The Kier molecular flexibility index (Phi) is 4.62. The smallest absolute Gasteiger partial charge is 0.213 e. The predicted octanol–water partition coefficient (Wildman–Crippen LogP) is 1.30. The van der Waals surface area contributed by atoms with Gasteiger partial charge in [-0.25, -0.2) is 19.9 Å². The van der Waals surface area contributed by atoms with E-state index in [4.69, 9.17) is 4.74 Å². The molecule has 23 heavy (non-hydrogen) atoms. The molecule has 2 N–H and O–H groups in total. The third kappa shape index (κ3) is 3.92. The minimum atomic E-state index is 0.609. The first-order valence-electron chi connectivity index (χ1n) is 7.33. The summed E-state index contributed by atoms with van der Waals surface area (Å²) < 4.78 is 5.65. The molecule has 3 aromatic rings. The number of hydrogen-bond donors (Lipinski definition) is 2. The van der Waals surface area contributed by atoms with Crippen molar-refractivity contribution in [3.05, 3.63) is 36.5 Å². The van der Waals surface area contributed by atoms with E-state index >= 15 is 0 Å². The van der Waals surface area contributed by atoms with E-state index in [9.17, 15) is 0 Å². The van der Waals surface area contributed by atoms with Crippen LogP contribution in [0.25, 0.3) is 11.2 Å². The van der Waals surface area contributed by atoms with E-state index in [0.717, 1.165) is 23.4 Å². The number of H-pyrrole nitrogens is 1. The van der Waals surface area contributed by atoms with Crippen molar-refractivity contribution in [1.82, 2.24) is 29.8 Å². The van der Waals surface area contributed by atoms with Gasteiger partial charge in [0.05, 0.1) is 6.33 Å². The van der Waals surface area contributed by atoms with Crippen LogP contribution >= 0.6 is 0 Å². The van der Waals surface area contributed by atoms with Crippen LogP contribution in [0.2, 0.25) is 0 Å². The Bertz CT molecular complexity index is 771. The van der Waals surface area contributed by atoms with E-state index in [1.165, 1.54) is 6.33 Å². The zero-order valence-electron chi connectivity index (χ0n) is 13.2. The molecule has 8 nitrogen and oxygen atoms in total. The van der Waals surface area contributed by atoms with Crippen molar-refractivity contribution in [3.63, 3.8) is 0 Å². The first kappa shape index (κ1) is 15.2. The highest BCUT2D eigenvalue weighted by molar-refractivity contribution is 5.81. The summed E-state index contributed by atoms with van der Waals surface area (Å²) in [5, 5.41) is 3.28. The topological polar surface area (TPSA) is 91.9 Å². The molecule has 3 rings (SSSR count). The SMILES string of the molecule is CN(C)CCOc1cc(CNc2ncnc3nc[nH]c23)ccn1. The summed E-state index contributed by atoms with van der Waals surface area (Å²) in [6.07, 6.45) is 4.84. The molecule has 8 heteroatoms. The Morgan fingerprint density at radius 1 is 1.22 bits per heavy atom. The molecule has 0 saturated carbocycles. The fourth-order valence-corrected chi connectivity index (χ4v) is 2.06. The van der Waals surface area contributed by atoms with Crippen molar-refractivity contribution in [1.29, 1.82) is 0 Å². The molecule has 0 saturated heterocycles. The van der Waals surface area contributed by atoms with Crippen LogP contribution in [-0.2, 0) is 6.54 Å². The maximum absolute atomic E-state index is 5.65. The number of fused-ring (bicyclic) bond motifs is 1. The lowest BCUT2D eigenvalue weighted by Crippen LogP contribution is -2.19. The van der Waals surface area contributed by atoms with Crippen molar-refractivity contribution < 1.29 is 4.74 Å². The second-order valence-electron chi connectivity index (χ2n) is 5.33. The molecule has 0 radical (unpaired) electrons. The molecule has 0 amide bonds. The number of hydrogen-bond acceptors (Lipinski definition) is 7. The highest BCUT2D eigenvalue weighted by Gasteiger charge is 2.06. The number of aromatic nitrogens is 5. The van der Waals surface area contributed by atoms with Gasteiger partial charge in [-0.05, 0) is 25.7 Å². The molecule has 0 aromatic carbocycles. The largest absolute Gasteiger partial charge is 0.476 e. The van der Waals surface area contributed by atoms with Gasteiger partial charge < -0.3 is 19.9 Å². The van der Waals surface area contributed by atoms with Gasteiger partial charge in [0.25, 0.3) is 0 Å². The number of imidazole rings is 1. The summed E-state index contributed by atoms with van der Waals surface area (Å²) in [7, 11) is 4.02. The van der Waals surface area contributed by atoms with Crippen LogP contribution in [0.3, 0.4) is 0 Å². The van der Waals surface area contributed by atoms with Crippen molar-refractivity contribution in [2.24, 2.45) is 0 Å². The van der Waals surface area contributed by atoms with Crippen molar-refractivity contribution in [2.45, 2.75) is 6.54 Å². The van der Waals surface area contributed by atoms with E-state index in [1.807, 2.05) is 26.2 Å². The molecule has 3 heterocycles. The number of aromatic amines is 1. The number of pyridine rings is 1. The first-order chi connectivity index (χ1) is 11.2. The van der Waals surface area contributed by atoms with Gasteiger partial charge in [-0.1, -0.05) is 0 Å². The Hall–Kier alpha value is -2.74. The molecule has 3 aromatic heterocycles. The fourth-order valence-electron chi connectivity index (χ4n) is 2.06. The number of ether oxygens (including phenoxy) is 1. The molecular weight excluding hydrogens is 294 g/mol. The maximum atomic E-state index is 5.65. The van der Waals surface area contributed by atoms with Gasteiger partial charge in [-0.3, -0.25) is 0 Å². The number of nitrogens with one attached hydrogen (secondary N) is 2. The first-order valence-corrected chi connectivity index (χ1v) is 7.33. The Morgan fingerprint density at radius 3 is 3.00 bits per heavy atom. The van der Waals surface area contributed by atoms with Gasteiger partial charge in [-0.15, -0.1) is 0 Å². The standard InChI is InChI=1S/C15H19N7O/c1-22(2)5-6-23-12-7-11(3-4-16-12)8-17-14-13-15(19-9-18-13)21-10-20-14/h3-4,7,9-10H,5-6,8H2,1-2H3,(H2,17,18,19,20,21). The van der Waals surface area contributed by atoms with Crippen molar-refractivity contribution in [2.75, 3.05) is 32.6 Å². The molecule has 0 atom stereocenters. The van der Waals surface area contributed by atoms with Gasteiger partial charge >= 0.3 is 0 Å². The van der Waals surface area contributed by atoms with Gasteiger partial charge in [0, 0.05) is 25.4 Å². The minimum Gasteiger partial charge on any atom is -0.476 e. The van der Waals surface area contributed by atoms with Crippen LogP contribution in [0.15, 0.2) is 31.0 Å². The molecule has 0 bridgehead atoms. The molecule has 0 unspecified atom stereocenters. The molecule has 0 aliphatic rings. The van der Waals surface area contributed by atoms with Crippen molar-refractivity contribution in [3.8, 4) is 5.88 Å². The third-order valence-corrected chi connectivity index (χ3v) is 3.27.